The number of hydrogen-bond acceptors (Lipinski definition) is 3. The molecule has 0 radical (unpaired) electrons. The van der Waals surface area contributed by atoms with Gasteiger partial charge in [-0.1, -0.05) is 36.8 Å². The van der Waals surface area contributed by atoms with Gasteiger partial charge in [0.25, 0.3) is 0 Å². The normalized spacial score (nSPS) is 15.4. The first-order valence-electron chi connectivity index (χ1n) is 8.41. The quantitative estimate of drug-likeness (QED) is 0.820. The number of anilines is 1. The summed E-state index contributed by atoms with van der Waals surface area (Å²) in [5.74, 6) is 0.784. The number of aliphatic hydroxyl groups is 1. The third-order valence-corrected chi connectivity index (χ3v) is 4.65. The molecule has 1 fully saturated rings. The zero-order valence-corrected chi connectivity index (χ0v) is 13.7. The van der Waals surface area contributed by atoms with E-state index in [1.165, 1.54) is 5.56 Å². The number of ether oxygens (including phenoxy) is 1. The number of nitrogens with one attached hydrogen (secondary N) is 1. The van der Waals surface area contributed by atoms with Gasteiger partial charge in [0.2, 0.25) is 5.91 Å². The number of benzene rings is 2. The van der Waals surface area contributed by atoms with Gasteiger partial charge in [0.15, 0.2) is 0 Å². The average Bonchev–Trinajstić information content (AvgIpc) is 2.58. The highest BCUT2D eigenvalue weighted by Gasteiger charge is 2.43. The van der Waals surface area contributed by atoms with E-state index in [0.717, 1.165) is 31.4 Å². The summed E-state index contributed by atoms with van der Waals surface area (Å²) < 4.78 is 5.33. The second-order valence-corrected chi connectivity index (χ2v) is 6.35. The molecule has 0 saturated heterocycles. The summed E-state index contributed by atoms with van der Waals surface area (Å²) >= 11 is 0. The van der Waals surface area contributed by atoms with Crippen molar-refractivity contribution in [3.63, 3.8) is 0 Å². The molecule has 3 rings (SSSR count). The van der Waals surface area contributed by atoms with Crippen molar-refractivity contribution in [1.82, 2.24) is 0 Å². The predicted molar refractivity (Wildman–Crippen MR) is 94.1 cm³/mol. The smallest absolute Gasteiger partial charge is 0.230 e. The van der Waals surface area contributed by atoms with Gasteiger partial charge in [-0.05, 0) is 49.1 Å². The molecule has 2 N–H and O–H groups in total. The number of aliphatic hydroxyl groups excluding tert-OH is 1. The number of rotatable bonds is 7. The molecule has 0 aliphatic heterocycles. The molecule has 2 aromatic carbocycles. The molecule has 126 valence electrons. The second kappa shape index (κ2) is 7.49. The fourth-order valence-electron chi connectivity index (χ4n) is 3.14. The second-order valence-electron chi connectivity index (χ2n) is 6.35. The van der Waals surface area contributed by atoms with Crippen molar-refractivity contribution >= 4 is 11.6 Å². The van der Waals surface area contributed by atoms with Crippen molar-refractivity contribution in [2.45, 2.75) is 25.7 Å². The van der Waals surface area contributed by atoms with Crippen LogP contribution in [0.3, 0.4) is 0 Å². The summed E-state index contributed by atoms with van der Waals surface area (Å²) in [6.45, 7) is 0.256. The van der Waals surface area contributed by atoms with Crippen LogP contribution in [-0.2, 0) is 11.2 Å². The molecular formula is C20H23NO3. The maximum atomic E-state index is 12.8. The van der Waals surface area contributed by atoms with E-state index >= 15 is 0 Å². The third kappa shape index (κ3) is 3.77. The minimum Gasteiger partial charge on any atom is -0.491 e. The van der Waals surface area contributed by atoms with Crippen LogP contribution in [0.2, 0.25) is 0 Å². The molecule has 0 atom stereocenters. The molecular weight excluding hydrogens is 302 g/mol. The van der Waals surface area contributed by atoms with Crippen molar-refractivity contribution in [2.24, 2.45) is 5.41 Å². The highest BCUT2D eigenvalue weighted by Crippen LogP contribution is 2.44. The van der Waals surface area contributed by atoms with Crippen molar-refractivity contribution in [2.75, 3.05) is 18.5 Å². The fraction of sp³-hybridized carbons (Fsp3) is 0.350. The van der Waals surface area contributed by atoms with Gasteiger partial charge in [-0.25, -0.2) is 0 Å². The third-order valence-electron chi connectivity index (χ3n) is 4.65. The van der Waals surface area contributed by atoms with Crippen LogP contribution in [0.5, 0.6) is 5.75 Å². The van der Waals surface area contributed by atoms with E-state index in [2.05, 4.69) is 17.4 Å². The lowest BCUT2D eigenvalue weighted by atomic mass is 9.64. The lowest BCUT2D eigenvalue weighted by Gasteiger charge is -2.40. The van der Waals surface area contributed by atoms with Crippen LogP contribution < -0.4 is 10.1 Å². The topological polar surface area (TPSA) is 58.6 Å². The summed E-state index contributed by atoms with van der Waals surface area (Å²) in [5.41, 5.74) is 1.70. The van der Waals surface area contributed by atoms with E-state index in [1.807, 2.05) is 30.3 Å². The zero-order chi connectivity index (χ0) is 16.8. The maximum Gasteiger partial charge on any atom is 0.230 e. The van der Waals surface area contributed by atoms with E-state index in [-0.39, 0.29) is 24.5 Å². The Kier molecular flexibility index (Phi) is 5.16. The summed E-state index contributed by atoms with van der Waals surface area (Å²) in [4.78, 5) is 12.8. The van der Waals surface area contributed by atoms with E-state index in [9.17, 15) is 4.79 Å². The number of carbonyl (C=O) groups is 1. The minimum atomic E-state index is -0.284. The molecule has 4 nitrogen and oxygen atoms in total. The van der Waals surface area contributed by atoms with Gasteiger partial charge in [-0.2, -0.15) is 0 Å². The number of amides is 1. The molecule has 0 unspecified atom stereocenters. The Balaban J connectivity index is 1.64. The van der Waals surface area contributed by atoms with Gasteiger partial charge in [-0.3, -0.25) is 4.79 Å². The number of carbonyl (C=O) groups excluding carboxylic acids is 1. The molecule has 0 aromatic heterocycles. The van der Waals surface area contributed by atoms with Crippen LogP contribution in [0, 0.1) is 5.41 Å². The van der Waals surface area contributed by atoms with Crippen molar-refractivity contribution in [3.05, 3.63) is 60.2 Å². The van der Waals surface area contributed by atoms with Crippen molar-refractivity contribution in [1.29, 1.82) is 0 Å². The Bertz CT molecular complexity index is 663. The average molecular weight is 325 g/mol. The van der Waals surface area contributed by atoms with Crippen LogP contribution in [0.1, 0.15) is 24.8 Å². The largest absolute Gasteiger partial charge is 0.491 e. The highest BCUT2D eigenvalue weighted by atomic mass is 16.5. The van der Waals surface area contributed by atoms with E-state index in [4.69, 9.17) is 9.84 Å². The lowest BCUT2D eigenvalue weighted by Crippen LogP contribution is -2.43. The van der Waals surface area contributed by atoms with E-state index < -0.39 is 0 Å². The molecule has 4 heteroatoms. The molecule has 0 spiro atoms. The minimum absolute atomic E-state index is 0.0134. The van der Waals surface area contributed by atoms with Crippen molar-refractivity contribution < 1.29 is 14.6 Å². The van der Waals surface area contributed by atoms with Crippen LogP contribution in [0.4, 0.5) is 5.69 Å². The Morgan fingerprint density at radius 1 is 1.08 bits per heavy atom. The standard InChI is InChI=1S/C20H23NO3/c22-13-14-24-18-9-7-17(8-10-18)21-19(23)20(11-4-12-20)15-16-5-2-1-3-6-16/h1-3,5-10,22H,4,11-15H2,(H,21,23). The first-order chi connectivity index (χ1) is 11.7. The van der Waals surface area contributed by atoms with Gasteiger partial charge in [0.1, 0.15) is 12.4 Å². The van der Waals surface area contributed by atoms with Gasteiger partial charge in [0.05, 0.1) is 12.0 Å². The predicted octanol–water partition coefficient (Wildman–Crippen LogP) is 3.41. The van der Waals surface area contributed by atoms with E-state index in [1.54, 1.807) is 12.1 Å². The van der Waals surface area contributed by atoms with Crippen LogP contribution in [-0.4, -0.2) is 24.2 Å². The monoisotopic (exact) mass is 325 g/mol. The molecule has 0 heterocycles. The Morgan fingerprint density at radius 3 is 2.38 bits per heavy atom. The highest BCUT2D eigenvalue weighted by molar-refractivity contribution is 5.96. The summed E-state index contributed by atoms with van der Waals surface area (Å²) in [6, 6.07) is 17.5. The van der Waals surface area contributed by atoms with E-state index in [0.29, 0.717) is 5.75 Å². The Morgan fingerprint density at radius 2 is 1.79 bits per heavy atom. The molecule has 0 bridgehead atoms. The van der Waals surface area contributed by atoms with Gasteiger partial charge in [0, 0.05) is 5.69 Å². The van der Waals surface area contributed by atoms with Crippen LogP contribution in [0.25, 0.3) is 0 Å². The number of hydrogen-bond donors (Lipinski definition) is 2. The first-order valence-corrected chi connectivity index (χ1v) is 8.41. The molecule has 1 saturated carbocycles. The summed E-state index contributed by atoms with van der Waals surface area (Å²) in [7, 11) is 0. The molecule has 2 aromatic rings. The summed E-state index contributed by atoms with van der Waals surface area (Å²) in [5, 5.41) is 11.8. The molecule has 24 heavy (non-hydrogen) atoms. The van der Waals surface area contributed by atoms with Crippen LogP contribution >= 0.6 is 0 Å². The maximum absolute atomic E-state index is 12.8. The summed E-state index contributed by atoms with van der Waals surface area (Å²) in [6.07, 6.45) is 3.77. The SMILES string of the molecule is O=C(Nc1ccc(OCCO)cc1)C1(Cc2ccccc2)CCC1. The van der Waals surface area contributed by atoms with Crippen molar-refractivity contribution in [3.8, 4) is 5.75 Å². The Labute approximate surface area is 142 Å². The molecule has 1 aliphatic rings. The Hall–Kier alpha value is -2.33. The fourth-order valence-corrected chi connectivity index (χ4v) is 3.14. The lowest BCUT2D eigenvalue weighted by molar-refractivity contribution is -0.130. The van der Waals surface area contributed by atoms with Gasteiger partial charge < -0.3 is 15.2 Å². The first kappa shape index (κ1) is 16.5. The van der Waals surface area contributed by atoms with Gasteiger partial charge >= 0.3 is 0 Å². The molecule has 1 amide bonds. The van der Waals surface area contributed by atoms with Gasteiger partial charge in [-0.15, -0.1) is 0 Å². The molecule has 1 aliphatic carbocycles. The van der Waals surface area contributed by atoms with Crippen LogP contribution in [0.15, 0.2) is 54.6 Å². The zero-order valence-electron chi connectivity index (χ0n) is 13.7.